The van der Waals surface area contributed by atoms with Crippen molar-refractivity contribution in [2.75, 3.05) is 32.6 Å². The Morgan fingerprint density at radius 2 is 1.64 bits per heavy atom. The van der Waals surface area contributed by atoms with Crippen molar-refractivity contribution in [1.29, 1.82) is 0 Å². The zero-order valence-electron chi connectivity index (χ0n) is 16.1. The number of methoxy groups -OCH3 is 2. The highest BCUT2D eigenvalue weighted by Crippen LogP contribution is 2.34. The highest BCUT2D eigenvalue weighted by atomic mass is 16.5. The second-order valence-corrected chi connectivity index (χ2v) is 6.49. The van der Waals surface area contributed by atoms with E-state index in [1.807, 2.05) is 30.3 Å². The molecule has 0 aromatic heterocycles. The van der Waals surface area contributed by atoms with Crippen LogP contribution in [-0.4, -0.2) is 44.0 Å². The normalized spacial score (nSPS) is 13.6. The molecule has 3 rings (SSSR count). The number of ether oxygens (including phenoxy) is 2. The van der Waals surface area contributed by atoms with Crippen LogP contribution in [0, 0.1) is 0 Å². The summed E-state index contributed by atoms with van der Waals surface area (Å²) >= 11 is 0. The van der Waals surface area contributed by atoms with Gasteiger partial charge in [-0.1, -0.05) is 30.3 Å². The number of benzene rings is 2. The highest BCUT2D eigenvalue weighted by Gasteiger charge is 2.24. The van der Waals surface area contributed by atoms with Crippen LogP contribution >= 0.6 is 0 Å². The van der Waals surface area contributed by atoms with Gasteiger partial charge in [0, 0.05) is 25.2 Å². The lowest BCUT2D eigenvalue weighted by atomic mass is 10.1. The van der Waals surface area contributed by atoms with Crippen molar-refractivity contribution >= 4 is 23.6 Å². The fourth-order valence-corrected chi connectivity index (χ4v) is 3.16. The molecule has 1 heterocycles. The first-order valence-corrected chi connectivity index (χ1v) is 9.22. The molecule has 6 heteroatoms. The third-order valence-electron chi connectivity index (χ3n) is 4.63. The zero-order valence-corrected chi connectivity index (χ0v) is 16.1. The van der Waals surface area contributed by atoms with Gasteiger partial charge in [0.25, 0.3) is 5.91 Å². The number of likely N-dealkylation sites (tertiary alicyclic amines) is 1. The van der Waals surface area contributed by atoms with Crippen LogP contribution in [-0.2, 0) is 4.79 Å². The van der Waals surface area contributed by atoms with E-state index < -0.39 is 0 Å². The number of carbonyl (C=O) groups excluding carboxylic acids is 2. The first-order chi connectivity index (χ1) is 13.6. The van der Waals surface area contributed by atoms with E-state index in [2.05, 4.69) is 5.32 Å². The van der Waals surface area contributed by atoms with E-state index in [4.69, 9.17) is 9.47 Å². The van der Waals surface area contributed by atoms with Gasteiger partial charge in [-0.2, -0.15) is 0 Å². The Kier molecular flexibility index (Phi) is 6.32. The third kappa shape index (κ3) is 4.52. The average molecular weight is 380 g/mol. The van der Waals surface area contributed by atoms with E-state index >= 15 is 0 Å². The smallest absolute Gasteiger partial charge is 0.256 e. The molecule has 0 unspecified atom stereocenters. The van der Waals surface area contributed by atoms with Gasteiger partial charge in [0.2, 0.25) is 5.91 Å². The maximum atomic E-state index is 13.0. The fraction of sp³-hybridized carbons (Fsp3) is 0.273. The molecule has 2 aromatic carbocycles. The number of carbonyl (C=O) groups is 2. The molecule has 0 atom stereocenters. The van der Waals surface area contributed by atoms with Crippen LogP contribution in [0.4, 0.5) is 5.69 Å². The van der Waals surface area contributed by atoms with Gasteiger partial charge in [-0.15, -0.1) is 0 Å². The number of nitrogens with one attached hydrogen (secondary N) is 1. The van der Waals surface area contributed by atoms with Crippen molar-refractivity contribution in [3.63, 3.8) is 0 Å². The Bertz CT molecular complexity index is 872. The highest BCUT2D eigenvalue weighted by molar-refractivity contribution is 6.08. The summed E-state index contributed by atoms with van der Waals surface area (Å²) < 4.78 is 10.7. The molecule has 2 amide bonds. The quantitative estimate of drug-likeness (QED) is 0.778. The van der Waals surface area contributed by atoms with Crippen LogP contribution in [0.25, 0.3) is 6.08 Å². The Hall–Kier alpha value is -3.28. The predicted octanol–water partition coefficient (Wildman–Crippen LogP) is 3.59. The molecule has 146 valence electrons. The van der Waals surface area contributed by atoms with E-state index in [1.165, 1.54) is 20.3 Å². The number of nitrogens with zero attached hydrogens (tertiary/aromatic N) is 1. The lowest BCUT2D eigenvalue weighted by molar-refractivity contribution is -0.111. The molecule has 2 aromatic rings. The van der Waals surface area contributed by atoms with Crippen LogP contribution in [0.1, 0.15) is 28.8 Å². The summed E-state index contributed by atoms with van der Waals surface area (Å²) in [6.45, 7) is 1.43. The van der Waals surface area contributed by atoms with Crippen LogP contribution in [0.3, 0.4) is 0 Å². The van der Waals surface area contributed by atoms with E-state index in [1.54, 1.807) is 23.1 Å². The van der Waals surface area contributed by atoms with Gasteiger partial charge in [-0.25, -0.2) is 0 Å². The maximum Gasteiger partial charge on any atom is 0.256 e. The minimum absolute atomic E-state index is 0.124. The Balaban J connectivity index is 1.87. The average Bonchev–Trinajstić information content (AvgIpc) is 3.27. The molecule has 1 aliphatic heterocycles. The number of anilines is 1. The largest absolute Gasteiger partial charge is 0.493 e. The molecular weight excluding hydrogens is 356 g/mol. The molecule has 1 fully saturated rings. The second kappa shape index (κ2) is 9.08. The lowest BCUT2D eigenvalue weighted by Crippen LogP contribution is -2.28. The predicted molar refractivity (Wildman–Crippen MR) is 109 cm³/mol. The summed E-state index contributed by atoms with van der Waals surface area (Å²) in [5.74, 6) is 0.443. The van der Waals surface area contributed by atoms with Gasteiger partial charge < -0.3 is 19.7 Å². The summed E-state index contributed by atoms with van der Waals surface area (Å²) in [6.07, 6.45) is 5.13. The maximum absolute atomic E-state index is 13.0. The van der Waals surface area contributed by atoms with Crippen LogP contribution < -0.4 is 14.8 Å². The second-order valence-electron chi connectivity index (χ2n) is 6.49. The van der Waals surface area contributed by atoms with Crippen molar-refractivity contribution in [3.8, 4) is 11.5 Å². The van der Waals surface area contributed by atoms with Crippen molar-refractivity contribution in [3.05, 3.63) is 59.7 Å². The van der Waals surface area contributed by atoms with Gasteiger partial charge >= 0.3 is 0 Å². The monoisotopic (exact) mass is 380 g/mol. The molecule has 0 bridgehead atoms. The molecule has 0 aliphatic carbocycles. The SMILES string of the molecule is COc1cc(NC(=O)/C=C/c2ccccc2)c(C(=O)N2CCCC2)cc1OC. The third-order valence-corrected chi connectivity index (χ3v) is 4.63. The molecule has 0 radical (unpaired) electrons. The number of hydrogen-bond acceptors (Lipinski definition) is 4. The minimum Gasteiger partial charge on any atom is -0.493 e. The summed E-state index contributed by atoms with van der Waals surface area (Å²) in [5, 5.41) is 2.80. The van der Waals surface area contributed by atoms with Crippen molar-refractivity contribution in [2.45, 2.75) is 12.8 Å². The van der Waals surface area contributed by atoms with E-state index in [0.29, 0.717) is 35.8 Å². The van der Waals surface area contributed by atoms with Gasteiger partial charge in [0.15, 0.2) is 11.5 Å². The van der Waals surface area contributed by atoms with Gasteiger partial charge in [-0.3, -0.25) is 9.59 Å². The molecule has 0 spiro atoms. The molecule has 1 aliphatic rings. The molecule has 1 saturated heterocycles. The summed E-state index contributed by atoms with van der Waals surface area (Å²) in [7, 11) is 3.03. The standard InChI is InChI=1S/C22H24N2O4/c1-27-19-14-17(22(26)24-12-6-7-13-24)18(15-20(19)28-2)23-21(25)11-10-16-8-4-3-5-9-16/h3-5,8-11,14-15H,6-7,12-13H2,1-2H3,(H,23,25)/b11-10+. The Morgan fingerprint density at radius 1 is 1.00 bits per heavy atom. The van der Waals surface area contributed by atoms with Crippen LogP contribution in [0.5, 0.6) is 11.5 Å². The molecular formula is C22H24N2O4. The van der Waals surface area contributed by atoms with E-state index in [0.717, 1.165) is 18.4 Å². The van der Waals surface area contributed by atoms with Crippen molar-refractivity contribution in [1.82, 2.24) is 4.90 Å². The summed E-state index contributed by atoms with van der Waals surface area (Å²) in [5.41, 5.74) is 1.71. The summed E-state index contributed by atoms with van der Waals surface area (Å²) in [6, 6.07) is 12.8. The van der Waals surface area contributed by atoms with Crippen LogP contribution in [0.2, 0.25) is 0 Å². The Morgan fingerprint density at radius 3 is 2.29 bits per heavy atom. The molecule has 28 heavy (non-hydrogen) atoms. The number of hydrogen-bond donors (Lipinski definition) is 1. The van der Waals surface area contributed by atoms with Gasteiger partial charge in [0.05, 0.1) is 25.5 Å². The van der Waals surface area contributed by atoms with Gasteiger partial charge in [0.1, 0.15) is 0 Å². The van der Waals surface area contributed by atoms with Crippen LogP contribution in [0.15, 0.2) is 48.5 Å². The number of rotatable bonds is 6. The molecule has 6 nitrogen and oxygen atoms in total. The van der Waals surface area contributed by atoms with Crippen molar-refractivity contribution < 1.29 is 19.1 Å². The number of amides is 2. The Labute approximate surface area is 164 Å². The molecule has 0 saturated carbocycles. The molecule has 1 N–H and O–H groups in total. The zero-order chi connectivity index (χ0) is 19.9. The first kappa shape index (κ1) is 19.5. The lowest BCUT2D eigenvalue weighted by Gasteiger charge is -2.19. The van der Waals surface area contributed by atoms with E-state index in [-0.39, 0.29) is 11.8 Å². The first-order valence-electron chi connectivity index (χ1n) is 9.22. The summed E-state index contributed by atoms with van der Waals surface area (Å²) in [4.78, 5) is 27.2. The van der Waals surface area contributed by atoms with Gasteiger partial charge in [-0.05, 0) is 30.5 Å². The fourth-order valence-electron chi connectivity index (χ4n) is 3.16. The minimum atomic E-state index is -0.327. The van der Waals surface area contributed by atoms with E-state index in [9.17, 15) is 9.59 Å². The topological polar surface area (TPSA) is 67.9 Å². The van der Waals surface area contributed by atoms with Crippen molar-refractivity contribution in [2.24, 2.45) is 0 Å².